The molecule has 54 valence electrons. The second-order valence-corrected chi connectivity index (χ2v) is 2.85. The van der Waals surface area contributed by atoms with Crippen LogP contribution in [-0.4, -0.2) is 16.7 Å². The Labute approximate surface area is 68.0 Å². The summed E-state index contributed by atoms with van der Waals surface area (Å²) < 4.78 is 1.01. The van der Waals surface area contributed by atoms with E-state index in [4.69, 9.17) is 5.11 Å². The third-order valence-electron chi connectivity index (χ3n) is 1.15. The van der Waals surface area contributed by atoms with Gasteiger partial charge in [-0.2, -0.15) is 0 Å². The third-order valence-corrected chi connectivity index (χ3v) is 1.64. The molecule has 2 nitrogen and oxygen atoms in total. The summed E-state index contributed by atoms with van der Waals surface area (Å²) in [6.45, 7) is 0.156. The fraction of sp³-hybridized carbons (Fsp3) is 0.286. The Hall–Kier alpha value is -0.410. The number of aromatic nitrogens is 1. The molecule has 1 N–H and O–H groups in total. The molecule has 1 aromatic rings. The molecular weight excluding hydrogens is 194 g/mol. The Morgan fingerprint density at radius 2 is 2.40 bits per heavy atom. The summed E-state index contributed by atoms with van der Waals surface area (Å²) in [5.41, 5.74) is 0.914. The van der Waals surface area contributed by atoms with Gasteiger partial charge in [0.1, 0.15) is 0 Å². The van der Waals surface area contributed by atoms with Gasteiger partial charge in [-0.15, -0.1) is 0 Å². The van der Waals surface area contributed by atoms with Gasteiger partial charge in [0.25, 0.3) is 0 Å². The van der Waals surface area contributed by atoms with Gasteiger partial charge in [0.15, 0.2) is 0 Å². The van der Waals surface area contributed by atoms with Gasteiger partial charge < -0.3 is 5.11 Å². The van der Waals surface area contributed by atoms with Crippen LogP contribution in [0, 0.1) is 0 Å². The standard InChI is InChI=1S/C7H8BrNO/c8-6-1-3-9-7(5-6)2-4-10/h1,3,5,10H,2,4H2. The maximum absolute atomic E-state index is 8.56. The van der Waals surface area contributed by atoms with Crippen molar-refractivity contribution < 1.29 is 5.11 Å². The maximum atomic E-state index is 8.56. The molecule has 0 aliphatic rings. The predicted octanol–water partition coefficient (Wildman–Crippen LogP) is 1.38. The van der Waals surface area contributed by atoms with Crippen LogP contribution in [0.2, 0.25) is 0 Å². The van der Waals surface area contributed by atoms with Crippen LogP contribution < -0.4 is 0 Å². The molecule has 0 aliphatic heterocycles. The normalized spacial score (nSPS) is 9.80. The lowest BCUT2D eigenvalue weighted by molar-refractivity contribution is 0.298. The Bertz CT molecular complexity index is 215. The van der Waals surface area contributed by atoms with E-state index in [1.54, 1.807) is 6.20 Å². The molecule has 0 spiro atoms. The summed E-state index contributed by atoms with van der Waals surface area (Å²) in [4.78, 5) is 4.04. The third kappa shape index (κ3) is 2.08. The van der Waals surface area contributed by atoms with Crippen LogP contribution in [0.4, 0.5) is 0 Å². The molecule has 0 unspecified atom stereocenters. The van der Waals surface area contributed by atoms with Gasteiger partial charge in [-0.05, 0) is 12.1 Å². The number of aliphatic hydroxyl groups excluding tert-OH is 1. The van der Waals surface area contributed by atoms with Crippen molar-refractivity contribution in [2.45, 2.75) is 6.42 Å². The van der Waals surface area contributed by atoms with Crippen LogP contribution >= 0.6 is 15.9 Å². The Morgan fingerprint density at radius 3 is 3.00 bits per heavy atom. The highest BCUT2D eigenvalue weighted by molar-refractivity contribution is 9.10. The zero-order chi connectivity index (χ0) is 7.40. The summed E-state index contributed by atoms with van der Waals surface area (Å²) >= 11 is 3.31. The van der Waals surface area contributed by atoms with E-state index in [9.17, 15) is 0 Å². The smallest absolute Gasteiger partial charge is 0.0486 e. The van der Waals surface area contributed by atoms with E-state index < -0.39 is 0 Å². The van der Waals surface area contributed by atoms with Crippen molar-refractivity contribution in [3.63, 3.8) is 0 Å². The van der Waals surface area contributed by atoms with Gasteiger partial charge in [0, 0.05) is 29.4 Å². The molecule has 0 aromatic carbocycles. The fourth-order valence-electron chi connectivity index (χ4n) is 0.700. The Kier molecular flexibility index (Phi) is 2.83. The highest BCUT2D eigenvalue weighted by atomic mass is 79.9. The molecule has 10 heavy (non-hydrogen) atoms. The molecule has 0 amide bonds. The molecular formula is C7H8BrNO. The number of halogens is 1. The molecule has 0 atom stereocenters. The number of pyridine rings is 1. The minimum absolute atomic E-state index is 0.156. The van der Waals surface area contributed by atoms with Crippen molar-refractivity contribution in [1.29, 1.82) is 0 Å². The summed E-state index contributed by atoms with van der Waals surface area (Å²) in [6.07, 6.45) is 2.34. The van der Waals surface area contributed by atoms with Crippen molar-refractivity contribution in [2.75, 3.05) is 6.61 Å². The second kappa shape index (κ2) is 3.68. The van der Waals surface area contributed by atoms with E-state index in [2.05, 4.69) is 20.9 Å². The minimum atomic E-state index is 0.156. The van der Waals surface area contributed by atoms with Crippen LogP contribution in [0.5, 0.6) is 0 Å². The lowest BCUT2D eigenvalue weighted by Crippen LogP contribution is -1.92. The predicted molar refractivity (Wildman–Crippen MR) is 42.7 cm³/mol. The zero-order valence-corrected chi connectivity index (χ0v) is 7.00. The first kappa shape index (κ1) is 7.69. The average molecular weight is 202 g/mol. The first-order valence-electron chi connectivity index (χ1n) is 3.04. The topological polar surface area (TPSA) is 33.1 Å². The first-order valence-corrected chi connectivity index (χ1v) is 3.83. The lowest BCUT2D eigenvalue weighted by atomic mass is 10.3. The summed E-state index contributed by atoms with van der Waals surface area (Å²) in [7, 11) is 0. The molecule has 0 radical (unpaired) electrons. The lowest BCUT2D eigenvalue weighted by Gasteiger charge is -1.95. The number of hydrogen-bond donors (Lipinski definition) is 1. The largest absolute Gasteiger partial charge is 0.396 e. The van der Waals surface area contributed by atoms with Crippen LogP contribution in [0.15, 0.2) is 22.8 Å². The van der Waals surface area contributed by atoms with Gasteiger partial charge >= 0.3 is 0 Å². The summed E-state index contributed by atoms with van der Waals surface area (Å²) in [6, 6.07) is 3.76. The minimum Gasteiger partial charge on any atom is -0.396 e. The van der Waals surface area contributed by atoms with E-state index in [1.165, 1.54) is 0 Å². The number of nitrogens with zero attached hydrogens (tertiary/aromatic N) is 1. The molecule has 1 aromatic heterocycles. The highest BCUT2D eigenvalue weighted by Gasteiger charge is 1.92. The number of aliphatic hydroxyl groups is 1. The van der Waals surface area contributed by atoms with Crippen molar-refractivity contribution in [3.05, 3.63) is 28.5 Å². The molecule has 0 saturated heterocycles. The van der Waals surface area contributed by atoms with Gasteiger partial charge in [0.05, 0.1) is 0 Å². The summed E-state index contributed by atoms with van der Waals surface area (Å²) in [5.74, 6) is 0. The van der Waals surface area contributed by atoms with Gasteiger partial charge in [0.2, 0.25) is 0 Å². The van der Waals surface area contributed by atoms with E-state index in [1.807, 2.05) is 12.1 Å². The molecule has 0 bridgehead atoms. The molecule has 1 heterocycles. The van der Waals surface area contributed by atoms with Crippen molar-refractivity contribution in [3.8, 4) is 0 Å². The summed E-state index contributed by atoms with van der Waals surface area (Å²) in [5, 5.41) is 8.56. The van der Waals surface area contributed by atoms with Gasteiger partial charge in [-0.25, -0.2) is 0 Å². The van der Waals surface area contributed by atoms with Crippen molar-refractivity contribution >= 4 is 15.9 Å². The fourth-order valence-corrected chi connectivity index (χ4v) is 1.08. The monoisotopic (exact) mass is 201 g/mol. The molecule has 0 fully saturated rings. The van der Waals surface area contributed by atoms with E-state index >= 15 is 0 Å². The zero-order valence-electron chi connectivity index (χ0n) is 5.42. The second-order valence-electron chi connectivity index (χ2n) is 1.94. The van der Waals surface area contributed by atoms with Crippen molar-refractivity contribution in [2.24, 2.45) is 0 Å². The van der Waals surface area contributed by atoms with Gasteiger partial charge in [-0.3, -0.25) is 4.98 Å². The quantitative estimate of drug-likeness (QED) is 0.785. The van der Waals surface area contributed by atoms with Crippen LogP contribution in [0.1, 0.15) is 5.69 Å². The van der Waals surface area contributed by atoms with Crippen LogP contribution in [0.3, 0.4) is 0 Å². The van der Waals surface area contributed by atoms with E-state index in [0.29, 0.717) is 6.42 Å². The number of hydrogen-bond acceptors (Lipinski definition) is 2. The van der Waals surface area contributed by atoms with Crippen molar-refractivity contribution in [1.82, 2.24) is 4.98 Å². The first-order chi connectivity index (χ1) is 4.83. The van der Waals surface area contributed by atoms with E-state index in [0.717, 1.165) is 10.2 Å². The van der Waals surface area contributed by atoms with Gasteiger partial charge in [-0.1, -0.05) is 15.9 Å². The van der Waals surface area contributed by atoms with E-state index in [-0.39, 0.29) is 6.61 Å². The SMILES string of the molecule is OCCc1cc(Br)ccn1. The molecule has 0 saturated carbocycles. The molecule has 3 heteroatoms. The Balaban J connectivity index is 2.75. The molecule has 0 aliphatic carbocycles. The molecule has 1 rings (SSSR count). The Morgan fingerprint density at radius 1 is 1.60 bits per heavy atom. The number of rotatable bonds is 2. The average Bonchev–Trinajstić information content (AvgIpc) is 1.88. The maximum Gasteiger partial charge on any atom is 0.0486 e. The van der Waals surface area contributed by atoms with Crippen LogP contribution in [-0.2, 0) is 6.42 Å². The highest BCUT2D eigenvalue weighted by Crippen LogP contribution is 2.08. The van der Waals surface area contributed by atoms with Crippen LogP contribution in [0.25, 0.3) is 0 Å².